The number of aromatic nitrogens is 2. The van der Waals surface area contributed by atoms with Crippen molar-refractivity contribution in [3.05, 3.63) is 36.7 Å². The number of fused-ring (bicyclic) bond motifs is 1. The van der Waals surface area contributed by atoms with Crippen LogP contribution in [0.15, 0.2) is 41.7 Å². The number of hydrogen-bond donors (Lipinski definition) is 1. The van der Waals surface area contributed by atoms with E-state index in [2.05, 4.69) is 33.1 Å². The first-order valence-electron chi connectivity index (χ1n) is 7.09. The molecule has 127 valence electrons. The molecule has 2 aromatic rings. The van der Waals surface area contributed by atoms with Crippen LogP contribution in [-0.2, 0) is 18.6 Å². The van der Waals surface area contributed by atoms with Crippen molar-refractivity contribution in [1.29, 1.82) is 0 Å². The molecule has 23 heavy (non-hydrogen) atoms. The van der Waals surface area contributed by atoms with Gasteiger partial charge in [-0.25, -0.2) is 9.98 Å². The second kappa shape index (κ2) is 11.9. The zero-order chi connectivity index (χ0) is 15.8. The summed E-state index contributed by atoms with van der Waals surface area (Å²) < 4.78 is 2.03. The minimum absolute atomic E-state index is 0. The summed E-state index contributed by atoms with van der Waals surface area (Å²) in [5.41, 5.74) is 0.958. The standard InChI is InChI=1S/C13H14N4.C2H6.CH4O.CH4.V/c1-10-15-12(6-8-16(10)2)17-9-5-11-4-3-7-14-13(11)17;2*1-2;;/h3-7,9H,8H2,1-2H3;1-2H3;2H,1H3;1H4;. The van der Waals surface area contributed by atoms with Crippen molar-refractivity contribution in [3.63, 3.8) is 0 Å². The maximum Gasteiger partial charge on any atom is 0.145 e. The summed E-state index contributed by atoms with van der Waals surface area (Å²) in [5.74, 6) is 1.98. The van der Waals surface area contributed by atoms with Gasteiger partial charge in [0.1, 0.15) is 17.3 Å². The average molecular weight is 355 g/mol. The van der Waals surface area contributed by atoms with E-state index >= 15 is 0 Å². The summed E-state index contributed by atoms with van der Waals surface area (Å²) in [6.45, 7) is 6.91. The largest absolute Gasteiger partial charge is 0.400 e. The fraction of sp³-hybridized carbons (Fsp3) is 0.412. The van der Waals surface area contributed by atoms with E-state index in [-0.39, 0.29) is 26.0 Å². The molecule has 1 aliphatic rings. The summed E-state index contributed by atoms with van der Waals surface area (Å²) in [5, 5.41) is 8.14. The molecule has 3 rings (SSSR count). The van der Waals surface area contributed by atoms with Crippen LogP contribution in [0.3, 0.4) is 0 Å². The molecular weight excluding hydrogens is 327 g/mol. The second-order valence-corrected chi connectivity index (χ2v) is 4.20. The Balaban J connectivity index is 0. The smallest absolute Gasteiger partial charge is 0.145 e. The van der Waals surface area contributed by atoms with Gasteiger partial charge in [0.05, 0.1) is 0 Å². The number of aliphatic hydroxyl groups is 1. The molecule has 0 aromatic carbocycles. The van der Waals surface area contributed by atoms with Crippen molar-refractivity contribution >= 4 is 22.7 Å². The molecule has 5 nitrogen and oxygen atoms in total. The SMILES string of the molecule is C.CC.CC1=NC(n2ccc3cccnc32)=CCN1C.CO.[V]. The van der Waals surface area contributed by atoms with Crippen LogP contribution in [0.2, 0.25) is 0 Å². The Labute approximate surface area is 151 Å². The van der Waals surface area contributed by atoms with Gasteiger partial charge < -0.3 is 10.0 Å². The molecular formula is C17H28N4OV. The van der Waals surface area contributed by atoms with Crippen LogP contribution in [0.4, 0.5) is 0 Å². The Kier molecular flexibility index (Phi) is 12.3. The first-order chi connectivity index (χ1) is 10.3. The Hall–Kier alpha value is -1.56. The summed E-state index contributed by atoms with van der Waals surface area (Å²) in [7, 11) is 3.04. The average Bonchev–Trinajstić information content (AvgIpc) is 2.98. The molecule has 1 aliphatic heterocycles. The number of aliphatic imine (C=N–C) groups is 1. The van der Waals surface area contributed by atoms with Gasteiger partial charge in [-0.2, -0.15) is 0 Å². The van der Waals surface area contributed by atoms with Gasteiger partial charge in [-0.05, 0) is 31.2 Å². The van der Waals surface area contributed by atoms with Gasteiger partial charge in [-0.3, -0.25) is 4.57 Å². The third-order valence-electron chi connectivity index (χ3n) is 3.07. The molecule has 0 saturated heterocycles. The second-order valence-electron chi connectivity index (χ2n) is 4.20. The molecule has 0 saturated carbocycles. The van der Waals surface area contributed by atoms with E-state index in [1.54, 1.807) is 0 Å². The first kappa shape index (κ1) is 23.7. The minimum Gasteiger partial charge on any atom is -0.400 e. The molecule has 6 heteroatoms. The summed E-state index contributed by atoms with van der Waals surface area (Å²) in [6, 6.07) is 6.07. The molecule has 0 amide bonds. The van der Waals surface area contributed by atoms with E-state index in [1.807, 2.05) is 50.8 Å². The van der Waals surface area contributed by atoms with Crippen LogP contribution >= 0.6 is 0 Å². The molecule has 3 heterocycles. The van der Waals surface area contributed by atoms with Crippen LogP contribution in [-0.4, -0.2) is 46.1 Å². The van der Waals surface area contributed by atoms with Crippen molar-refractivity contribution in [3.8, 4) is 0 Å². The fourth-order valence-electron chi connectivity index (χ4n) is 1.95. The topological polar surface area (TPSA) is 53.7 Å². The van der Waals surface area contributed by atoms with Gasteiger partial charge in [0.25, 0.3) is 0 Å². The van der Waals surface area contributed by atoms with Gasteiger partial charge in [0, 0.05) is 57.0 Å². The van der Waals surface area contributed by atoms with Crippen molar-refractivity contribution in [1.82, 2.24) is 14.5 Å². The third-order valence-corrected chi connectivity index (χ3v) is 3.07. The normalized spacial score (nSPS) is 12.3. The Morgan fingerprint density at radius 2 is 1.83 bits per heavy atom. The van der Waals surface area contributed by atoms with Gasteiger partial charge in [0.15, 0.2) is 0 Å². The number of likely N-dealkylation sites (N-methyl/N-ethyl adjacent to an activating group) is 1. The molecule has 0 unspecified atom stereocenters. The van der Waals surface area contributed by atoms with Crippen LogP contribution in [0.5, 0.6) is 0 Å². The predicted molar refractivity (Wildman–Crippen MR) is 96.0 cm³/mol. The molecule has 0 atom stereocenters. The van der Waals surface area contributed by atoms with E-state index in [9.17, 15) is 0 Å². The van der Waals surface area contributed by atoms with E-state index in [4.69, 9.17) is 5.11 Å². The number of hydrogen-bond acceptors (Lipinski definition) is 4. The van der Waals surface area contributed by atoms with Crippen molar-refractivity contribution in [2.45, 2.75) is 28.2 Å². The number of pyridine rings is 1. The molecule has 0 aliphatic carbocycles. The van der Waals surface area contributed by atoms with Crippen molar-refractivity contribution in [2.24, 2.45) is 4.99 Å². The molecule has 2 aromatic heterocycles. The Bertz CT molecular complexity index is 634. The van der Waals surface area contributed by atoms with Crippen LogP contribution in [0, 0.1) is 0 Å². The monoisotopic (exact) mass is 355 g/mol. The van der Waals surface area contributed by atoms with Gasteiger partial charge in [-0.15, -0.1) is 0 Å². The molecule has 1 radical (unpaired) electrons. The van der Waals surface area contributed by atoms with E-state index < -0.39 is 0 Å². The third kappa shape index (κ3) is 5.54. The predicted octanol–water partition coefficient (Wildman–Crippen LogP) is 3.47. The van der Waals surface area contributed by atoms with Crippen molar-refractivity contribution < 1.29 is 23.7 Å². The van der Waals surface area contributed by atoms with Gasteiger partial charge in [-0.1, -0.05) is 21.3 Å². The number of rotatable bonds is 1. The zero-order valence-electron chi connectivity index (χ0n) is 13.9. The minimum atomic E-state index is 0. The van der Waals surface area contributed by atoms with Crippen molar-refractivity contribution in [2.75, 3.05) is 20.7 Å². The van der Waals surface area contributed by atoms with E-state index in [0.29, 0.717) is 0 Å². The van der Waals surface area contributed by atoms with Gasteiger partial charge >= 0.3 is 0 Å². The molecule has 0 bridgehead atoms. The maximum absolute atomic E-state index is 7.00. The Morgan fingerprint density at radius 1 is 1.17 bits per heavy atom. The molecule has 0 spiro atoms. The first-order valence-corrected chi connectivity index (χ1v) is 7.09. The summed E-state index contributed by atoms with van der Waals surface area (Å²) in [4.78, 5) is 11.1. The maximum atomic E-state index is 7.00. The number of aliphatic hydroxyl groups excluding tert-OH is 1. The number of amidine groups is 1. The Morgan fingerprint density at radius 3 is 2.43 bits per heavy atom. The van der Waals surface area contributed by atoms with Crippen LogP contribution in [0.1, 0.15) is 28.2 Å². The molecule has 1 N–H and O–H groups in total. The summed E-state index contributed by atoms with van der Waals surface area (Å²) >= 11 is 0. The molecule has 0 fully saturated rings. The van der Waals surface area contributed by atoms with Crippen LogP contribution in [0.25, 0.3) is 16.9 Å². The summed E-state index contributed by atoms with van der Waals surface area (Å²) in [6.07, 6.45) is 5.94. The van der Waals surface area contributed by atoms with E-state index in [1.165, 1.54) is 0 Å². The fourth-order valence-corrected chi connectivity index (χ4v) is 1.95. The van der Waals surface area contributed by atoms with Crippen LogP contribution < -0.4 is 0 Å². The zero-order valence-corrected chi connectivity index (χ0v) is 15.3. The van der Waals surface area contributed by atoms with E-state index in [0.717, 1.165) is 36.3 Å². The quantitative estimate of drug-likeness (QED) is 0.852. The number of nitrogens with zero attached hydrogens (tertiary/aromatic N) is 4. The van der Waals surface area contributed by atoms with Gasteiger partial charge in [0.2, 0.25) is 0 Å².